The smallest absolute Gasteiger partial charge is 0.266 e. The first-order valence-electron chi connectivity index (χ1n) is 9.42. The molecule has 0 bridgehead atoms. The molecule has 2 rings (SSSR count). The molecule has 1 fully saturated rings. The van der Waals surface area contributed by atoms with Crippen molar-refractivity contribution in [1.82, 2.24) is 4.90 Å². The van der Waals surface area contributed by atoms with Gasteiger partial charge in [0.05, 0.1) is 18.1 Å². The second kappa shape index (κ2) is 9.31. The average molecular weight is 391 g/mol. The fourth-order valence-electron chi connectivity index (χ4n) is 2.58. The van der Waals surface area contributed by atoms with Crippen LogP contribution in [0.5, 0.6) is 11.5 Å². The highest BCUT2D eigenvalue weighted by atomic mass is 32.2. The van der Waals surface area contributed by atoms with Crippen LogP contribution in [0.15, 0.2) is 28.1 Å². The van der Waals surface area contributed by atoms with Crippen molar-refractivity contribution in [2.24, 2.45) is 4.99 Å². The lowest BCUT2D eigenvalue weighted by Gasteiger charge is -2.20. The van der Waals surface area contributed by atoms with Crippen LogP contribution in [0.3, 0.4) is 0 Å². The molecular formula is C21H30N2O3S. The van der Waals surface area contributed by atoms with Gasteiger partial charge in [-0.3, -0.25) is 14.7 Å². The number of rotatable bonds is 7. The molecule has 0 N–H and O–H groups in total. The molecule has 0 aliphatic carbocycles. The summed E-state index contributed by atoms with van der Waals surface area (Å²) in [5, 5.41) is 0.764. The fourth-order valence-corrected chi connectivity index (χ4v) is 3.81. The number of methoxy groups -OCH3 is 1. The number of ether oxygens (including phenoxy) is 2. The number of hydrogen-bond acceptors (Lipinski definition) is 5. The van der Waals surface area contributed by atoms with Crippen LogP contribution in [0.4, 0.5) is 0 Å². The number of amidine groups is 1. The number of aliphatic imine (C=N–C) groups is 1. The van der Waals surface area contributed by atoms with Gasteiger partial charge in [-0.1, -0.05) is 13.0 Å². The van der Waals surface area contributed by atoms with E-state index in [9.17, 15) is 4.79 Å². The van der Waals surface area contributed by atoms with Crippen molar-refractivity contribution in [1.29, 1.82) is 0 Å². The van der Waals surface area contributed by atoms with Gasteiger partial charge in [0.25, 0.3) is 5.91 Å². The van der Waals surface area contributed by atoms with Gasteiger partial charge in [-0.15, -0.1) is 0 Å². The lowest BCUT2D eigenvalue weighted by molar-refractivity contribution is -0.123. The number of benzene rings is 1. The van der Waals surface area contributed by atoms with Crippen LogP contribution in [-0.2, 0) is 4.79 Å². The first kappa shape index (κ1) is 21.4. The Bertz CT molecular complexity index is 741. The number of carbonyl (C=O) groups excluding carboxylic acids is 1. The average Bonchev–Trinajstić information content (AvgIpc) is 2.90. The van der Waals surface area contributed by atoms with E-state index >= 15 is 0 Å². The zero-order valence-electron chi connectivity index (χ0n) is 17.3. The number of carbonyl (C=O) groups is 1. The van der Waals surface area contributed by atoms with Crippen LogP contribution in [0, 0.1) is 0 Å². The van der Waals surface area contributed by atoms with E-state index in [-0.39, 0.29) is 24.1 Å². The third-order valence-corrected chi connectivity index (χ3v) is 5.11. The number of thioether (sulfide) groups is 1. The SMILES string of the molecule is CC[C@@H](C)Oc1ccc(/C=C2/SC(=NC(C)C)N(C(C)C)C2=O)cc1OC. The molecule has 1 aromatic carbocycles. The van der Waals surface area contributed by atoms with Gasteiger partial charge in [-0.2, -0.15) is 0 Å². The summed E-state index contributed by atoms with van der Waals surface area (Å²) in [4.78, 5) is 19.9. The molecule has 1 saturated heterocycles. The Hall–Kier alpha value is -1.95. The van der Waals surface area contributed by atoms with E-state index in [4.69, 9.17) is 9.47 Å². The predicted molar refractivity (Wildman–Crippen MR) is 113 cm³/mol. The van der Waals surface area contributed by atoms with E-state index in [1.807, 2.05) is 58.9 Å². The van der Waals surface area contributed by atoms with Crippen molar-refractivity contribution in [3.63, 3.8) is 0 Å². The van der Waals surface area contributed by atoms with E-state index < -0.39 is 0 Å². The maximum absolute atomic E-state index is 12.8. The predicted octanol–water partition coefficient (Wildman–Crippen LogP) is 4.96. The summed E-state index contributed by atoms with van der Waals surface area (Å²) in [6.07, 6.45) is 2.92. The molecule has 1 aliphatic rings. The highest BCUT2D eigenvalue weighted by Gasteiger charge is 2.35. The maximum Gasteiger partial charge on any atom is 0.266 e. The van der Waals surface area contributed by atoms with Gasteiger partial charge in [0, 0.05) is 12.1 Å². The van der Waals surface area contributed by atoms with Crippen LogP contribution in [0.25, 0.3) is 6.08 Å². The van der Waals surface area contributed by atoms with Crippen molar-refractivity contribution < 1.29 is 14.3 Å². The maximum atomic E-state index is 12.8. The van der Waals surface area contributed by atoms with E-state index in [2.05, 4.69) is 11.9 Å². The van der Waals surface area contributed by atoms with Crippen LogP contribution in [-0.4, -0.2) is 41.3 Å². The lowest BCUT2D eigenvalue weighted by Crippen LogP contribution is -2.35. The zero-order valence-corrected chi connectivity index (χ0v) is 18.1. The van der Waals surface area contributed by atoms with Gasteiger partial charge in [0.2, 0.25) is 0 Å². The molecular weight excluding hydrogens is 360 g/mol. The molecule has 5 nitrogen and oxygen atoms in total. The van der Waals surface area contributed by atoms with Crippen molar-refractivity contribution in [2.75, 3.05) is 7.11 Å². The lowest BCUT2D eigenvalue weighted by atomic mass is 10.1. The number of amides is 1. The molecule has 27 heavy (non-hydrogen) atoms. The monoisotopic (exact) mass is 390 g/mol. The van der Waals surface area contributed by atoms with Crippen LogP contribution in [0.1, 0.15) is 53.5 Å². The van der Waals surface area contributed by atoms with Crippen molar-refractivity contribution in [3.05, 3.63) is 28.7 Å². The van der Waals surface area contributed by atoms with Crippen LogP contribution in [0.2, 0.25) is 0 Å². The minimum atomic E-state index is -0.00621. The summed E-state index contributed by atoms with van der Waals surface area (Å²) >= 11 is 1.43. The molecule has 0 saturated carbocycles. The number of hydrogen-bond donors (Lipinski definition) is 0. The molecule has 1 amide bonds. The quantitative estimate of drug-likeness (QED) is 0.617. The highest BCUT2D eigenvalue weighted by Crippen LogP contribution is 2.36. The minimum absolute atomic E-state index is 0.00621. The van der Waals surface area contributed by atoms with E-state index in [0.717, 1.165) is 17.2 Å². The number of nitrogens with zero attached hydrogens (tertiary/aromatic N) is 2. The molecule has 6 heteroatoms. The molecule has 0 aromatic heterocycles. The van der Waals surface area contributed by atoms with E-state index in [1.165, 1.54) is 11.8 Å². The topological polar surface area (TPSA) is 51.1 Å². The van der Waals surface area contributed by atoms with Gasteiger partial charge in [0.15, 0.2) is 16.7 Å². The summed E-state index contributed by atoms with van der Waals surface area (Å²) in [5.41, 5.74) is 0.897. The standard InChI is InChI=1S/C21H30N2O3S/c1-8-15(6)26-17-10-9-16(11-18(17)25-7)12-19-20(24)23(14(4)5)21(27-19)22-13(2)3/h9-15H,8H2,1-7H3/b19-12+,22-21?/t15-/m1/s1. The Morgan fingerprint density at radius 1 is 1.19 bits per heavy atom. The van der Waals surface area contributed by atoms with Gasteiger partial charge in [0.1, 0.15) is 0 Å². The largest absolute Gasteiger partial charge is 0.493 e. The molecule has 0 unspecified atom stereocenters. The van der Waals surface area contributed by atoms with Gasteiger partial charge < -0.3 is 9.47 Å². The van der Waals surface area contributed by atoms with Crippen LogP contribution >= 0.6 is 11.8 Å². The summed E-state index contributed by atoms with van der Waals surface area (Å²) in [6.45, 7) is 12.1. The third kappa shape index (κ3) is 5.28. The van der Waals surface area contributed by atoms with Crippen molar-refractivity contribution >= 4 is 28.9 Å². The van der Waals surface area contributed by atoms with Gasteiger partial charge in [-0.25, -0.2) is 0 Å². The van der Waals surface area contributed by atoms with Crippen LogP contribution < -0.4 is 9.47 Å². The zero-order chi connectivity index (χ0) is 20.1. The molecule has 0 spiro atoms. The van der Waals surface area contributed by atoms with E-state index in [1.54, 1.807) is 12.0 Å². The Morgan fingerprint density at radius 2 is 1.89 bits per heavy atom. The minimum Gasteiger partial charge on any atom is -0.493 e. The molecule has 1 heterocycles. The molecule has 148 valence electrons. The Balaban J connectivity index is 2.33. The Morgan fingerprint density at radius 3 is 2.44 bits per heavy atom. The normalized spacial score (nSPS) is 18.9. The first-order chi connectivity index (χ1) is 12.8. The third-order valence-electron chi connectivity index (χ3n) is 4.11. The van der Waals surface area contributed by atoms with E-state index in [0.29, 0.717) is 16.4 Å². The summed E-state index contributed by atoms with van der Waals surface area (Å²) in [5.74, 6) is 1.37. The highest BCUT2D eigenvalue weighted by molar-refractivity contribution is 8.18. The summed E-state index contributed by atoms with van der Waals surface area (Å²) in [7, 11) is 1.62. The molecule has 1 aliphatic heterocycles. The Kier molecular flexibility index (Phi) is 7.36. The molecule has 1 atom stereocenters. The van der Waals surface area contributed by atoms with Crippen molar-refractivity contribution in [3.8, 4) is 11.5 Å². The van der Waals surface area contributed by atoms with Crippen molar-refractivity contribution in [2.45, 2.75) is 66.2 Å². The Labute approximate surface area is 166 Å². The molecule has 0 radical (unpaired) electrons. The first-order valence-corrected chi connectivity index (χ1v) is 10.2. The second-order valence-electron chi connectivity index (χ2n) is 7.13. The van der Waals surface area contributed by atoms with Gasteiger partial charge in [-0.05, 0) is 76.6 Å². The second-order valence-corrected chi connectivity index (χ2v) is 8.14. The summed E-state index contributed by atoms with van der Waals surface area (Å²) in [6, 6.07) is 5.94. The van der Waals surface area contributed by atoms with Gasteiger partial charge >= 0.3 is 0 Å². The summed E-state index contributed by atoms with van der Waals surface area (Å²) < 4.78 is 11.4. The molecule has 1 aromatic rings. The fraction of sp³-hybridized carbons (Fsp3) is 0.524.